The Morgan fingerprint density at radius 1 is 1.30 bits per heavy atom. The summed E-state index contributed by atoms with van der Waals surface area (Å²) in [7, 11) is -17.3. The molecule has 1 aromatic heterocycles. The van der Waals surface area contributed by atoms with Crippen molar-refractivity contribution in [2.24, 2.45) is 5.11 Å². The van der Waals surface area contributed by atoms with Gasteiger partial charge in [-0.05, 0) is 17.7 Å². The maximum atomic E-state index is 13.8. The van der Waals surface area contributed by atoms with Gasteiger partial charge in [0.25, 0.3) is 0 Å². The first kappa shape index (κ1) is 27.9. The molecule has 0 radical (unpaired) electrons. The fourth-order valence-corrected chi connectivity index (χ4v) is 5.71. The number of nitrogens with two attached hydrogens (primary N) is 1. The van der Waals surface area contributed by atoms with Crippen molar-refractivity contribution in [1.29, 1.82) is 0 Å². The average Bonchev–Trinajstić information content (AvgIpc) is 2.86. The van der Waals surface area contributed by atoms with Gasteiger partial charge in [-0.25, -0.2) is 18.1 Å². The normalized spacial score (nSPS) is 29.1. The molecule has 1 aromatic rings. The number of hydrogen-bond acceptors (Lipinski definition) is 13. The summed E-state index contributed by atoms with van der Waals surface area (Å²) in [5, 5.41) is 23.7. The number of aliphatic hydroxyl groups excluding tert-OH is 2. The first-order valence-electron chi connectivity index (χ1n) is 7.85. The molecule has 2 rings (SSSR count). The minimum atomic E-state index is -5.88. The molecule has 2 heterocycles. The van der Waals surface area contributed by atoms with E-state index in [1.165, 1.54) is 0 Å². The monoisotopic (exact) mass is 558 g/mol. The standard InChI is InChI=1S/C9H14FN6O13P3S/c10-3-1-16(8(33)13-6(3)11)7-4(17)5(18)9(27-7,14-15-12)2-26-31(22,23)29-32(24,25)28-30(19,20)21/h1,4-5,7,17-18H,2H2,(H,22,23)(H,24,25)(H2,11,13,33)(H2,19,20,21)/t4-,5?,7+,9+/m0/s1. The number of hydrogen-bond donors (Lipinski definition) is 7. The van der Waals surface area contributed by atoms with E-state index in [-0.39, 0.29) is 0 Å². The number of halogens is 1. The highest BCUT2D eigenvalue weighted by Crippen LogP contribution is 2.66. The number of aliphatic hydroxyl groups is 2. The molecule has 0 aliphatic carbocycles. The molecular formula is C9H14FN6O13P3S. The summed E-state index contributed by atoms with van der Waals surface area (Å²) < 4.78 is 64.5. The molecule has 1 saturated heterocycles. The Morgan fingerprint density at radius 2 is 1.91 bits per heavy atom. The number of nitrogens with zero attached hydrogens (tertiary/aromatic N) is 5. The second-order valence-electron chi connectivity index (χ2n) is 6.01. The van der Waals surface area contributed by atoms with E-state index >= 15 is 0 Å². The predicted octanol–water partition coefficient (Wildman–Crippen LogP) is -0.0656. The molecule has 3 unspecified atom stereocenters. The Labute approximate surface area is 186 Å². The molecule has 0 amide bonds. The molecule has 0 bridgehead atoms. The summed E-state index contributed by atoms with van der Waals surface area (Å²) >= 11 is 4.85. The molecule has 6 atom stereocenters. The van der Waals surface area contributed by atoms with Crippen molar-refractivity contribution in [3.05, 3.63) is 27.2 Å². The molecule has 1 aliphatic rings. The maximum absolute atomic E-state index is 13.8. The lowest BCUT2D eigenvalue weighted by Crippen LogP contribution is -2.44. The van der Waals surface area contributed by atoms with Crippen LogP contribution in [0.2, 0.25) is 0 Å². The van der Waals surface area contributed by atoms with E-state index in [9.17, 15) is 33.2 Å². The van der Waals surface area contributed by atoms with E-state index < -0.39 is 70.6 Å². The van der Waals surface area contributed by atoms with E-state index in [2.05, 4.69) is 28.2 Å². The number of rotatable bonds is 9. The summed E-state index contributed by atoms with van der Waals surface area (Å²) in [6.45, 7) is -1.46. The number of anilines is 1. The van der Waals surface area contributed by atoms with Gasteiger partial charge >= 0.3 is 23.5 Å². The Bertz CT molecular complexity index is 1170. The van der Waals surface area contributed by atoms with Gasteiger partial charge in [0.1, 0.15) is 12.2 Å². The van der Waals surface area contributed by atoms with Crippen LogP contribution >= 0.6 is 35.7 Å². The van der Waals surface area contributed by atoms with Crippen LogP contribution in [-0.4, -0.2) is 63.9 Å². The van der Waals surface area contributed by atoms with Crippen LogP contribution in [0.15, 0.2) is 11.3 Å². The lowest BCUT2D eigenvalue weighted by atomic mass is 10.1. The quantitative estimate of drug-likeness (QED) is 0.0686. The summed E-state index contributed by atoms with van der Waals surface area (Å²) in [4.78, 5) is 41.5. The zero-order chi connectivity index (χ0) is 25.4. The average molecular weight is 558 g/mol. The van der Waals surface area contributed by atoms with E-state index in [1.807, 2.05) is 0 Å². The first-order valence-corrected chi connectivity index (χ1v) is 12.8. The van der Waals surface area contributed by atoms with Crippen LogP contribution in [0.25, 0.3) is 10.4 Å². The van der Waals surface area contributed by atoms with Gasteiger partial charge in [-0.1, -0.05) is 5.11 Å². The molecule has 1 aliphatic heterocycles. The number of ether oxygens (including phenoxy) is 1. The Kier molecular flexibility index (Phi) is 8.20. The fraction of sp³-hybridized carbons (Fsp3) is 0.556. The van der Waals surface area contributed by atoms with E-state index in [0.717, 1.165) is 0 Å². The third kappa shape index (κ3) is 6.83. The molecule has 0 spiro atoms. The van der Waals surface area contributed by atoms with Crippen LogP contribution in [-0.2, 0) is 31.6 Å². The van der Waals surface area contributed by atoms with Crippen molar-refractivity contribution in [3.8, 4) is 0 Å². The van der Waals surface area contributed by atoms with Gasteiger partial charge in [-0.2, -0.15) is 13.6 Å². The van der Waals surface area contributed by atoms with Gasteiger partial charge in [0.15, 0.2) is 17.9 Å². The maximum Gasteiger partial charge on any atom is 0.490 e. The third-order valence-electron chi connectivity index (χ3n) is 3.68. The molecular weight excluding hydrogens is 544 g/mol. The summed E-state index contributed by atoms with van der Waals surface area (Å²) in [6.07, 6.45) is -5.48. The van der Waals surface area contributed by atoms with Crippen molar-refractivity contribution >= 4 is 41.5 Å². The van der Waals surface area contributed by atoms with Crippen molar-refractivity contribution < 1.29 is 65.8 Å². The fourth-order valence-electron chi connectivity index (χ4n) is 2.42. The predicted molar refractivity (Wildman–Crippen MR) is 101 cm³/mol. The lowest BCUT2D eigenvalue weighted by Gasteiger charge is -2.27. The van der Waals surface area contributed by atoms with Crippen molar-refractivity contribution in [3.63, 3.8) is 0 Å². The van der Waals surface area contributed by atoms with Crippen molar-refractivity contribution in [2.75, 3.05) is 12.3 Å². The topological polar surface area (TPSA) is 302 Å². The van der Waals surface area contributed by atoms with Gasteiger partial charge in [0.2, 0.25) is 10.5 Å². The highest BCUT2D eigenvalue weighted by atomic mass is 32.1. The van der Waals surface area contributed by atoms with Crippen LogP contribution in [0.1, 0.15) is 6.23 Å². The van der Waals surface area contributed by atoms with Gasteiger partial charge in [-0.15, -0.1) is 0 Å². The summed E-state index contributed by atoms with van der Waals surface area (Å²) in [5.41, 5.74) is 11.3. The molecule has 0 saturated carbocycles. The minimum absolute atomic E-state index is 0.463. The first-order chi connectivity index (χ1) is 14.9. The molecule has 0 aromatic carbocycles. The molecule has 8 N–H and O–H groups in total. The Morgan fingerprint density at radius 3 is 2.45 bits per heavy atom. The van der Waals surface area contributed by atoms with E-state index in [1.54, 1.807) is 0 Å². The minimum Gasteiger partial charge on any atom is -0.387 e. The number of phosphoric ester groups is 1. The van der Waals surface area contributed by atoms with Crippen molar-refractivity contribution in [2.45, 2.75) is 24.2 Å². The van der Waals surface area contributed by atoms with E-state index in [4.69, 9.17) is 42.9 Å². The number of phosphoric acid groups is 3. The number of aromatic nitrogens is 2. The number of nitrogen functional groups attached to an aromatic ring is 1. The molecule has 24 heteroatoms. The zero-order valence-electron chi connectivity index (χ0n) is 15.5. The largest absolute Gasteiger partial charge is 0.490 e. The zero-order valence-corrected chi connectivity index (χ0v) is 19.0. The van der Waals surface area contributed by atoms with Gasteiger partial charge in [0.05, 0.1) is 6.61 Å². The van der Waals surface area contributed by atoms with Crippen LogP contribution in [0, 0.1) is 10.6 Å². The molecule has 1 fully saturated rings. The third-order valence-corrected chi connectivity index (χ3v) is 7.76. The van der Waals surface area contributed by atoms with Crippen LogP contribution in [0.5, 0.6) is 0 Å². The summed E-state index contributed by atoms with van der Waals surface area (Å²) in [6, 6.07) is 0. The van der Waals surface area contributed by atoms with Crippen molar-refractivity contribution in [1.82, 2.24) is 9.55 Å². The lowest BCUT2D eigenvalue weighted by molar-refractivity contribution is -0.122. The molecule has 186 valence electrons. The Balaban J connectivity index is 2.31. The van der Waals surface area contributed by atoms with Gasteiger partial charge in [-0.3, -0.25) is 9.09 Å². The molecule has 19 nitrogen and oxygen atoms in total. The number of azide groups is 1. The SMILES string of the molecule is [N-]=[N+]=N[C@]1(COP(=O)(O)OP(=O)(O)OP(=O)(O)O)O[C@@H](n2cc(F)c(N)nc2=S)[C@@H](O)C1O. The summed E-state index contributed by atoms with van der Waals surface area (Å²) in [5.74, 6) is -1.73. The van der Waals surface area contributed by atoms with Gasteiger partial charge in [0, 0.05) is 11.1 Å². The Hall–Kier alpha value is -1.37. The van der Waals surface area contributed by atoms with Gasteiger partial charge < -0.3 is 40.3 Å². The highest BCUT2D eigenvalue weighted by Gasteiger charge is 2.56. The van der Waals surface area contributed by atoms with E-state index in [0.29, 0.717) is 10.8 Å². The smallest absolute Gasteiger partial charge is 0.387 e. The second-order valence-corrected chi connectivity index (χ2v) is 10.8. The van der Waals surface area contributed by atoms with Crippen LogP contribution < -0.4 is 5.73 Å². The second kappa shape index (κ2) is 9.71. The molecule has 33 heavy (non-hydrogen) atoms. The van der Waals surface area contributed by atoms with Crippen LogP contribution in [0.4, 0.5) is 10.2 Å². The highest BCUT2D eigenvalue weighted by molar-refractivity contribution is 7.71. The van der Waals surface area contributed by atoms with Crippen LogP contribution in [0.3, 0.4) is 0 Å².